The number of hydrogen-bond donors (Lipinski definition) is 2. The van der Waals surface area contributed by atoms with E-state index in [2.05, 4.69) is 10.6 Å². The van der Waals surface area contributed by atoms with Crippen LogP contribution in [0.4, 0.5) is 11.4 Å². The van der Waals surface area contributed by atoms with Crippen LogP contribution in [0.15, 0.2) is 53.9 Å². The molecule has 0 spiro atoms. The van der Waals surface area contributed by atoms with Gasteiger partial charge in [-0.3, -0.25) is 9.59 Å². The molecule has 2 aromatic carbocycles. The molecule has 2 N–H and O–H groups in total. The molecule has 132 valence electrons. The fourth-order valence-corrected chi connectivity index (χ4v) is 3.56. The fourth-order valence-electron chi connectivity index (χ4n) is 2.52. The van der Waals surface area contributed by atoms with E-state index < -0.39 is 0 Å². The molecule has 0 atom stereocenters. The smallest absolute Gasteiger partial charge is 0.266 e. The van der Waals surface area contributed by atoms with E-state index in [-0.39, 0.29) is 11.8 Å². The largest absolute Gasteiger partial charge is 0.325 e. The molecular formula is C20H17ClN2O2S. The van der Waals surface area contributed by atoms with Crippen LogP contribution in [0.25, 0.3) is 11.1 Å². The first-order valence-corrected chi connectivity index (χ1v) is 9.23. The van der Waals surface area contributed by atoms with Crippen LogP contribution in [0.1, 0.15) is 22.2 Å². The minimum atomic E-state index is -0.204. The van der Waals surface area contributed by atoms with Crippen LogP contribution in [-0.4, -0.2) is 11.8 Å². The number of hydrogen-bond acceptors (Lipinski definition) is 3. The van der Waals surface area contributed by atoms with Crippen molar-refractivity contribution < 1.29 is 9.59 Å². The molecule has 4 nitrogen and oxygen atoms in total. The number of halogens is 1. The van der Waals surface area contributed by atoms with E-state index in [9.17, 15) is 9.59 Å². The minimum absolute atomic E-state index is 0.195. The molecule has 0 radical (unpaired) electrons. The van der Waals surface area contributed by atoms with Crippen LogP contribution in [0, 0.1) is 6.92 Å². The molecule has 3 rings (SSSR count). The molecule has 1 heterocycles. The standard InChI is InChI=1S/C20H17ClN2O2S/c1-12-3-5-14(6-4-12)16-9-10-26-19(16)20(25)23-15-7-8-18(17(21)11-15)22-13(2)24/h3-11H,1-2H3,(H,22,24)(H,23,25). The van der Waals surface area contributed by atoms with Crippen molar-refractivity contribution in [3.8, 4) is 11.1 Å². The normalized spacial score (nSPS) is 10.4. The monoisotopic (exact) mass is 384 g/mol. The third-order valence-electron chi connectivity index (χ3n) is 3.77. The SMILES string of the molecule is CC(=O)Nc1ccc(NC(=O)c2sccc2-c2ccc(C)cc2)cc1Cl. The molecule has 2 amide bonds. The Bertz CT molecular complexity index is 964. The van der Waals surface area contributed by atoms with Gasteiger partial charge < -0.3 is 10.6 Å². The van der Waals surface area contributed by atoms with Crippen LogP contribution >= 0.6 is 22.9 Å². The zero-order valence-electron chi connectivity index (χ0n) is 14.3. The lowest BCUT2D eigenvalue weighted by Crippen LogP contribution is -2.12. The van der Waals surface area contributed by atoms with Crippen molar-refractivity contribution in [1.29, 1.82) is 0 Å². The van der Waals surface area contributed by atoms with Gasteiger partial charge in [-0.2, -0.15) is 0 Å². The maximum Gasteiger partial charge on any atom is 0.266 e. The lowest BCUT2D eigenvalue weighted by Gasteiger charge is -2.10. The van der Waals surface area contributed by atoms with Gasteiger partial charge in [0.2, 0.25) is 5.91 Å². The molecule has 0 saturated carbocycles. The summed E-state index contributed by atoms with van der Waals surface area (Å²) < 4.78 is 0. The number of anilines is 2. The third kappa shape index (κ3) is 4.12. The van der Waals surface area contributed by atoms with Crippen molar-refractivity contribution in [3.05, 3.63) is 69.4 Å². The molecule has 0 unspecified atom stereocenters. The van der Waals surface area contributed by atoms with Crippen LogP contribution in [0.2, 0.25) is 5.02 Å². The Morgan fingerprint density at radius 3 is 2.38 bits per heavy atom. The highest BCUT2D eigenvalue weighted by Gasteiger charge is 2.15. The maximum atomic E-state index is 12.7. The van der Waals surface area contributed by atoms with Crippen molar-refractivity contribution in [2.75, 3.05) is 10.6 Å². The van der Waals surface area contributed by atoms with Crippen LogP contribution < -0.4 is 10.6 Å². The maximum absolute atomic E-state index is 12.7. The second-order valence-corrected chi connectivity index (χ2v) is 7.18. The van der Waals surface area contributed by atoms with Gasteiger partial charge in [0.05, 0.1) is 15.6 Å². The van der Waals surface area contributed by atoms with Gasteiger partial charge in [0.1, 0.15) is 0 Å². The molecule has 0 saturated heterocycles. The molecular weight excluding hydrogens is 368 g/mol. The van der Waals surface area contributed by atoms with E-state index in [1.165, 1.54) is 23.8 Å². The molecule has 26 heavy (non-hydrogen) atoms. The van der Waals surface area contributed by atoms with Gasteiger partial charge in [0.25, 0.3) is 5.91 Å². The Morgan fingerprint density at radius 1 is 1.00 bits per heavy atom. The summed E-state index contributed by atoms with van der Waals surface area (Å²) >= 11 is 7.55. The number of carbonyl (C=O) groups is 2. The topological polar surface area (TPSA) is 58.2 Å². The van der Waals surface area contributed by atoms with E-state index >= 15 is 0 Å². The third-order valence-corrected chi connectivity index (χ3v) is 5.00. The Balaban J connectivity index is 1.81. The minimum Gasteiger partial charge on any atom is -0.325 e. The Morgan fingerprint density at radius 2 is 1.73 bits per heavy atom. The predicted molar refractivity (Wildman–Crippen MR) is 108 cm³/mol. The summed E-state index contributed by atoms with van der Waals surface area (Å²) in [7, 11) is 0. The van der Waals surface area contributed by atoms with E-state index in [1.54, 1.807) is 18.2 Å². The second kappa shape index (κ2) is 7.72. The molecule has 0 aliphatic rings. The van der Waals surface area contributed by atoms with Crippen molar-refractivity contribution in [3.63, 3.8) is 0 Å². The average molecular weight is 385 g/mol. The summed E-state index contributed by atoms with van der Waals surface area (Å²) in [4.78, 5) is 24.5. The van der Waals surface area contributed by atoms with Crippen LogP contribution in [0.3, 0.4) is 0 Å². The van der Waals surface area contributed by atoms with Gasteiger partial charge in [0, 0.05) is 18.2 Å². The van der Waals surface area contributed by atoms with E-state index in [4.69, 9.17) is 11.6 Å². The van der Waals surface area contributed by atoms with Crippen molar-refractivity contribution in [1.82, 2.24) is 0 Å². The molecule has 6 heteroatoms. The van der Waals surface area contributed by atoms with Gasteiger partial charge in [-0.1, -0.05) is 41.4 Å². The highest BCUT2D eigenvalue weighted by Crippen LogP contribution is 2.30. The molecule has 0 fully saturated rings. The van der Waals surface area contributed by atoms with Crippen LogP contribution in [0.5, 0.6) is 0 Å². The predicted octanol–water partition coefficient (Wildman–Crippen LogP) is 5.59. The molecule has 0 aliphatic heterocycles. The van der Waals surface area contributed by atoms with Gasteiger partial charge >= 0.3 is 0 Å². The number of aryl methyl sites for hydroxylation is 1. The van der Waals surface area contributed by atoms with E-state index in [0.717, 1.165) is 11.1 Å². The first kappa shape index (κ1) is 18.2. The van der Waals surface area contributed by atoms with Gasteiger partial charge in [0.15, 0.2) is 0 Å². The first-order valence-electron chi connectivity index (χ1n) is 7.97. The van der Waals surface area contributed by atoms with E-state index in [1.807, 2.05) is 42.6 Å². The van der Waals surface area contributed by atoms with Gasteiger partial charge in [-0.15, -0.1) is 11.3 Å². The molecule has 1 aromatic heterocycles. The summed E-state index contributed by atoms with van der Waals surface area (Å²) in [5.41, 5.74) is 4.14. The lowest BCUT2D eigenvalue weighted by atomic mass is 10.0. The van der Waals surface area contributed by atoms with E-state index in [0.29, 0.717) is 21.3 Å². The van der Waals surface area contributed by atoms with Crippen molar-refractivity contribution in [2.45, 2.75) is 13.8 Å². The first-order chi connectivity index (χ1) is 12.4. The summed E-state index contributed by atoms with van der Waals surface area (Å²) in [6.45, 7) is 3.44. The van der Waals surface area contributed by atoms with Gasteiger partial charge in [-0.25, -0.2) is 0 Å². The zero-order valence-corrected chi connectivity index (χ0v) is 15.9. The van der Waals surface area contributed by atoms with Gasteiger partial charge in [-0.05, 0) is 42.1 Å². The Hall–Kier alpha value is -2.63. The number of thiophene rings is 1. The van der Waals surface area contributed by atoms with Crippen molar-refractivity contribution >= 4 is 46.1 Å². The highest BCUT2D eigenvalue weighted by molar-refractivity contribution is 7.12. The molecule has 3 aromatic rings. The number of benzene rings is 2. The second-order valence-electron chi connectivity index (χ2n) is 5.86. The highest BCUT2D eigenvalue weighted by atomic mass is 35.5. The average Bonchev–Trinajstić information content (AvgIpc) is 3.07. The Kier molecular flexibility index (Phi) is 5.40. The number of nitrogens with one attached hydrogen (secondary N) is 2. The summed E-state index contributed by atoms with van der Waals surface area (Å²) in [5, 5.41) is 7.76. The lowest BCUT2D eigenvalue weighted by molar-refractivity contribution is -0.114. The summed E-state index contributed by atoms with van der Waals surface area (Å²) in [6.07, 6.45) is 0. The Labute approximate surface area is 160 Å². The molecule has 0 aliphatic carbocycles. The quantitative estimate of drug-likeness (QED) is 0.616. The van der Waals surface area contributed by atoms with Crippen molar-refractivity contribution in [2.24, 2.45) is 0 Å². The zero-order chi connectivity index (χ0) is 18.7. The summed E-state index contributed by atoms with van der Waals surface area (Å²) in [6, 6.07) is 15.0. The molecule has 0 bridgehead atoms. The summed E-state index contributed by atoms with van der Waals surface area (Å²) in [5.74, 6) is -0.399. The number of carbonyl (C=O) groups excluding carboxylic acids is 2. The number of rotatable bonds is 4. The number of amides is 2. The fraction of sp³-hybridized carbons (Fsp3) is 0.100. The van der Waals surface area contributed by atoms with Crippen LogP contribution in [-0.2, 0) is 4.79 Å².